The summed E-state index contributed by atoms with van der Waals surface area (Å²) < 4.78 is 54.6. The van der Waals surface area contributed by atoms with Gasteiger partial charge in [-0.05, 0) is 48.5 Å². The second-order valence-electron chi connectivity index (χ2n) is 13.0. The highest BCUT2D eigenvalue weighted by molar-refractivity contribution is 6.76. The zero-order valence-electron chi connectivity index (χ0n) is 25.6. The minimum Gasteiger partial charge on any atom is -0.361 e. The molecule has 0 saturated heterocycles. The molecule has 0 unspecified atom stereocenters. The van der Waals surface area contributed by atoms with Crippen LogP contribution in [-0.4, -0.2) is 48.5 Å². The van der Waals surface area contributed by atoms with E-state index in [-0.39, 0.29) is 30.8 Å². The normalized spacial score (nSPS) is 12.7. The molecule has 4 aromatic rings. The van der Waals surface area contributed by atoms with E-state index in [0.29, 0.717) is 29.9 Å². The van der Waals surface area contributed by atoms with Gasteiger partial charge in [0, 0.05) is 46.8 Å². The van der Waals surface area contributed by atoms with Crippen LogP contribution in [0.4, 0.5) is 24.8 Å². The van der Waals surface area contributed by atoms with Crippen LogP contribution in [0.5, 0.6) is 0 Å². The largest absolute Gasteiger partial charge is 0.416 e. The van der Waals surface area contributed by atoms with Gasteiger partial charge in [0.25, 0.3) is 0 Å². The number of imidazole rings is 1. The quantitative estimate of drug-likeness (QED) is 0.121. The molecule has 0 fully saturated rings. The minimum absolute atomic E-state index is 0.108. The molecule has 0 spiro atoms. The van der Waals surface area contributed by atoms with Crippen molar-refractivity contribution in [2.24, 2.45) is 0 Å². The predicted octanol–water partition coefficient (Wildman–Crippen LogP) is 7.65. The van der Waals surface area contributed by atoms with E-state index in [1.54, 1.807) is 15.2 Å². The molecule has 0 aliphatic rings. The highest BCUT2D eigenvalue weighted by Crippen LogP contribution is 2.31. The third-order valence-electron chi connectivity index (χ3n) is 6.85. The van der Waals surface area contributed by atoms with E-state index in [0.717, 1.165) is 29.8 Å². The molecule has 0 bridgehead atoms. The van der Waals surface area contributed by atoms with Gasteiger partial charge in [-0.3, -0.25) is 9.13 Å². The maximum atomic E-state index is 13.5. The van der Waals surface area contributed by atoms with Crippen LogP contribution in [0.2, 0.25) is 51.4 Å². The number of anilines is 2. The highest BCUT2D eigenvalue weighted by Gasteiger charge is 2.30. The lowest BCUT2D eigenvalue weighted by atomic mass is 10.1. The molecule has 2 heterocycles. The Balaban J connectivity index is 1.63. The monoisotopic (exact) mass is 631 g/mol. The molecule has 0 atom stereocenters. The smallest absolute Gasteiger partial charge is 0.361 e. The number of nitrogens with zero attached hydrogens (tertiary/aromatic N) is 4. The van der Waals surface area contributed by atoms with E-state index in [2.05, 4.69) is 54.6 Å². The van der Waals surface area contributed by atoms with E-state index >= 15 is 0 Å². The minimum atomic E-state index is -4.46. The number of rotatable bonds is 13. The molecule has 4 rings (SSSR count). The van der Waals surface area contributed by atoms with Gasteiger partial charge in [0.2, 0.25) is 5.95 Å². The Kier molecular flexibility index (Phi) is 9.99. The molecular formula is C30H40F3N5O3Si2. The maximum Gasteiger partial charge on any atom is 0.416 e. The number of hydrogen-bond acceptors (Lipinski definition) is 6. The van der Waals surface area contributed by atoms with Crippen LogP contribution in [0.1, 0.15) is 5.56 Å². The molecule has 43 heavy (non-hydrogen) atoms. The van der Waals surface area contributed by atoms with Gasteiger partial charge < -0.3 is 14.8 Å². The van der Waals surface area contributed by atoms with Crippen molar-refractivity contribution in [3.63, 3.8) is 0 Å². The standard InChI is InChI=1S/C30H40F3N5O3Si2/c1-42(2,3)16-14-40-20-37-26-11-10-22(18-27(26)38(29(37)39)21-41-15-17-43(4,5)6)25-12-13-34-28(36-25)35-24-9-7-8-23(19-24)30(31,32)33/h7-13,18-19H,14-17,20-21H2,1-6H3,(H,34,35,36). The Morgan fingerprint density at radius 3 is 2.07 bits per heavy atom. The first kappa shape index (κ1) is 32.6. The van der Waals surface area contributed by atoms with Crippen molar-refractivity contribution in [3.05, 3.63) is 70.8 Å². The van der Waals surface area contributed by atoms with Crippen LogP contribution in [0.3, 0.4) is 0 Å². The summed E-state index contributed by atoms with van der Waals surface area (Å²) in [5.41, 5.74) is 1.89. The van der Waals surface area contributed by atoms with Gasteiger partial charge in [-0.25, -0.2) is 14.8 Å². The molecule has 232 valence electrons. The first-order valence-corrected chi connectivity index (χ1v) is 21.7. The number of alkyl halides is 3. The second kappa shape index (κ2) is 13.2. The lowest BCUT2D eigenvalue weighted by molar-refractivity contribution is -0.137. The molecule has 1 N–H and O–H groups in total. The molecule has 13 heteroatoms. The summed E-state index contributed by atoms with van der Waals surface area (Å²) in [4.78, 5) is 22.3. The van der Waals surface area contributed by atoms with Crippen molar-refractivity contribution in [1.82, 2.24) is 19.1 Å². The van der Waals surface area contributed by atoms with Crippen LogP contribution in [0.25, 0.3) is 22.3 Å². The van der Waals surface area contributed by atoms with E-state index in [1.807, 2.05) is 18.2 Å². The van der Waals surface area contributed by atoms with Crippen molar-refractivity contribution in [2.75, 3.05) is 18.5 Å². The van der Waals surface area contributed by atoms with E-state index in [1.165, 1.54) is 18.3 Å². The summed E-state index contributed by atoms with van der Waals surface area (Å²) in [6.45, 7) is 15.1. The summed E-state index contributed by atoms with van der Waals surface area (Å²) in [6, 6.07) is 14.1. The summed E-state index contributed by atoms with van der Waals surface area (Å²) in [7, 11) is -2.59. The molecule has 2 aromatic heterocycles. The lowest BCUT2D eigenvalue weighted by Gasteiger charge is -2.15. The fraction of sp³-hybridized carbons (Fsp3) is 0.433. The molecule has 2 aromatic carbocycles. The SMILES string of the molecule is C[Si](C)(C)CCOCn1c(=O)n(COCC[Si](C)(C)C)c2cc(-c3ccnc(Nc4cccc(C(F)(F)F)c4)n3)ccc21. The van der Waals surface area contributed by atoms with Crippen molar-refractivity contribution in [1.29, 1.82) is 0 Å². The van der Waals surface area contributed by atoms with Gasteiger partial charge in [0.05, 0.1) is 22.3 Å². The molecule has 0 aliphatic heterocycles. The molecule has 0 amide bonds. The zero-order chi connectivity index (χ0) is 31.4. The fourth-order valence-corrected chi connectivity index (χ4v) is 5.79. The Labute approximate surface area is 251 Å². The number of aromatic nitrogens is 4. The number of benzene rings is 2. The number of fused-ring (bicyclic) bond motifs is 1. The van der Waals surface area contributed by atoms with Crippen LogP contribution in [0, 0.1) is 0 Å². The van der Waals surface area contributed by atoms with Crippen molar-refractivity contribution >= 4 is 38.8 Å². The Bertz CT molecular complexity index is 1610. The number of halogens is 3. The van der Waals surface area contributed by atoms with Gasteiger partial charge in [-0.1, -0.05) is 51.4 Å². The van der Waals surface area contributed by atoms with Gasteiger partial charge in [-0.15, -0.1) is 0 Å². The molecular weight excluding hydrogens is 592 g/mol. The van der Waals surface area contributed by atoms with Crippen LogP contribution >= 0.6 is 0 Å². The number of hydrogen-bond donors (Lipinski definition) is 1. The summed E-state index contributed by atoms with van der Waals surface area (Å²) >= 11 is 0. The predicted molar refractivity (Wildman–Crippen MR) is 170 cm³/mol. The highest BCUT2D eigenvalue weighted by atomic mass is 28.3. The fourth-order valence-electron chi connectivity index (χ4n) is 4.28. The van der Waals surface area contributed by atoms with Crippen molar-refractivity contribution < 1.29 is 22.6 Å². The van der Waals surface area contributed by atoms with Crippen LogP contribution < -0.4 is 11.0 Å². The third-order valence-corrected chi connectivity index (χ3v) is 10.3. The summed E-state index contributed by atoms with van der Waals surface area (Å²) in [6.07, 6.45) is -2.92. The topological polar surface area (TPSA) is 83.2 Å². The molecule has 0 radical (unpaired) electrons. The van der Waals surface area contributed by atoms with Gasteiger partial charge in [0.1, 0.15) is 13.5 Å². The molecule has 8 nitrogen and oxygen atoms in total. The second-order valence-corrected chi connectivity index (χ2v) is 24.2. The van der Waals surface area contributed by atoms with Gasteiger partial charge >= 0.3 is 11.9 Å². The Morgan fingerprint density at radius 2 is 1.47 bits per heavy atom. The van der Waals surface area contributed by atoms with Gasteiger partial charge in [-0.2, -0.15) is 13.2 Å². The molecule has 0 aliphatic carbocycles. The van der Waals surface area contributed by atoms with E-state index in [9.17, 15) is 18.0 Å². The zero-order valence-corrected chi connectivity index (χ0v) is 27.6. The first-order chi connectivity index (χ1) is 20.1. The van der Waals surface area contributed by atoms with Crippen LogP contribution in [0.15, 0.2) is 59.5 Å². The van der Waals surface area contributed by atoms with Crippen molar-refractivity contribution in [2.45, 2.75) is 71.0 Å². The van der Waals surface area contributed by atoms with Crippen molar-refractivity contribution in [3.8, 4) is 11.3 Å². The van der Waals surface area contributed by atoms with E-state index < -0.39 is 27.9 Å². The van der Waals surface area contributed by atoms with E-state index in [4.69, 9.17) is 9.47 Å². The maximum absolute atomic E-state index is 13.5. The molecule has 0 saturated carbocycles. The number of nitrogens with one attached hydrogen (secondary N) is 1. The summed E-state index contributed by atoms with van der Waals surface area (Å²) in [5, 5.41) is 2.86. The average molecular weight is 632 g/mol. The average Bonchev–Trinajstić information content (AvgIpc) is 3.17. The third kappa shape index (κ3) is 9.11. The summed E-state index contributed by atoms with van der Waals surface area (Å²) in [5.74, 6) is 0.150. The first-order valence-electron chi connectivity index (χ1n) is 14.3. The van der Waals surface area contributed by atoms with Gasteiger partial charge in [0.15, 0.2) is 0 Å². The Morgan fingerprint density at radius 1 is 0.837 bits per heavy atom. The lowest BCUT2D eigenvalue weighted by Crippen LogP contribution is -2.28. The van der Waals surface area contributed by atoms with Crippen LogP contribution in [-0.2, 0) is 29.1 Å². The Hall–Kier alpha value is -3.27. The number of ether oxygens (including phenoxy) is 2.